The molecule has 2 atom stereocenters. The molecule has 2 unspecified atom stereocenters. The molecule has 0 aromatic carbocycles. The monoisotopic (exact) mass is 223 g/mol. The van der Waals surface area contributed by atoms with Crippen molar-refractivity contribution < 1.29 is 0 Å². The first-order chi connectivity index (χ1) is 7.81. The van der Waals surface area contributed by atoms with Gasteiger partial charge in [0.1, 0.15) is 0 Å². The second-order valence-electron chi connectivity index (χ2n) is 6.07. The van der Waals surface area contributed by atoms with Gasteiger partial charge in [-0.15, -0.1) is 0 Å². The van der Waals surface area contributed by atoms with Gasteiger partial charge < -0.3 is 15.1 Å². The van der Waals surface area contributed by atoms with Gasteiger partial charge in [0.05, 0.1) is 0 Å². The van der Waals surface area contributed by atoms with Crippen molar-refractivity contribution in [2.75, 3.05) is 46.3 Å². The minimum absolute atomic E-state index is 0.799. The summed E-state index contributed by atoms with van der Waals surface area (Å²) in [5, 5.41) is 3.85. The van der Waals surface area contributed by atoms with E-state index in [4.69, 9.17) is 0 Å². The van der Waals surface area contributed by atoms with E-state index < -0.39 is 0 Å². The standard InChI is InChI=1S/C13H25N3/c1-15-5-2-11(9-15)8-14-13-10-16-6-3-12(13)4-7-16/h11-14H,2-10H2,1H3. The fourth-order valence-corrected chi connectivity index (χ4v) is 3.71. The second kappa shape index (κ2) is 4.63. The lowest BCUT2D eigenvalue weighted by Crippen LogP contribution is -2.56. The zero-order chi connectivity index (χ0) is 11.0. The fraction of sp³-hybridized carbons (Fsp3) is 1.00. The maximum Gasteiger partial charge on any atom is 0.0224 e. The third kappa shape index (κ3) is 2.27. The van der Waals surface area contributed by atoms with Crippen LogP contribution in [0.15, 0.2) is 0 Å². The molecule has 0 saturated carbocycles. The van der Waals surface area contributed by atoms with Crippen molar-refractivity contribution in [2.24, 2.45) is 11.8 Å². The first kappa shape index (κ1) is 11.0. The predicted octanol–water partition coefficient (Wildman–Crippen LogP) is 0.622. The Labute approximate surface area is 99.2 Å². The van der Waals surface area contributed by atoms with Gasteiger partial charge in [-0.05, 0) is 64.3 Å². The van der Waals surface area contributed by atoms with Gasteiger partial charge in [-0.25, -0.2) is 0 Å². The highest BCUT2D eigenvalue weighted by atomic mass is 15.2. The normalized spacial score (nSPS) is 44.1. The molecule has 1 N–H and O–H groups in total. The average molecular weight is 223 g/mol. The molecule has 0 aromatic heterocycles. The Morgan fingerprint density at radius 2 is 1.88 bits per heavy atom. The maximum atomic E-state index is 3.85. The number of nitrogens with one attached hydrogen (secondary N) is 1. The molecule has 16 heavy (non-hydrogen) atoms. The zero-order valence-corrected chi connectivity index (χ0v) is 10.5. The van der Waals surface area contributed by atoms with E-state index in [1.165, 1.54) is 58.5 Å². The predicted molar refractivity (Wildman–Crippen MR) is 66.6 cm³/mol. The van der Waals surface area contributed by atoms with Gasteiger partial charge >= 0.3 is 0 Å². The van der Waals surface area contributed by atoms with Gasteiger partial charge in [0.25, 0.3) is 0 Å². The van der Waals surface area contributed by atoms with Gasteiger partial charge in [0.2, 0.25) is 0 Å². The third-order valence-corrected chi connectivity index (χ3v) is 4.81. The molecule has 4 aliphatic rings. The minimum Gasteiger partial charge on any atom is -0.312 e. The number of rotatable bonds is 3. The van der Waals surface area contributed by atoms with Crippen LogP contribution in [0.3, 0.4) is 0 Å². The topological polar surface area (TPSA) is 18.5 Å². The molecule has 2 bridgehead atoms. The lowest BCUT2D eigenvalue weighted by molar-refractivity contribution is 0.0710. The quantitative estimate of drug-likeness (QED) is 0.757. The van der Waals surface area contributed by atoms with Crippen LogP contribution in [-0.2, 0) is 0 Å². The summed E-state index contributed by atoms with van der Waals surface area (Å²) in [5.74, 6) is 1.88. The number of nitrogens with zero attached hydrogens (tertiary/aromatic N) is 2. The molecule has 3 heteroatoms. The van der Waals surface area contributed by atoms with Gasteiger partial charge in [-0.1, -0.05) is 0 Å². The first-order valence-corrected chi connectivity index (χ1v) is 6.95. The zero-order valence-electron chi connectivity index (χ0n) is 10.5. The molecular weight excluding hydrogens is 198 g/mol. The fourth-order valence-electron chi connectivity index (χ4n) is 3.71. The number of hydrogen-bond acceptors (Lipinski definition) is 3. The third-order valence-electron chi connectivity index (χ3n) is 4.81. The highest BCUT2D eigenvalue weighted by molar-refractivity contribution is 4.91. The average Bonchev–Trinajstić information content (AvgIpc) is 2.74. The van der Waals surface area contributed by atoms with Crippen LogP contribution in [0, 0.1) is 11.8 Å². The van der Waals surface area contributed by atoms with E-state index in [2.05, 4.69) is 22.2 Å². The van der Waals surface area contributed by atoms with Crippen LogP contribution >= 0.6 is 0 Å². The summed E-state index contributed by atoms with van der Waals surface area (Å²) in [5.41, 5.74) is 0. The second-order valence-corrected chi connectivity index (χ2v) is 6.07. The Morgan fingerprint density at radius 1 is 1.06 bits per heavy atom. The van der Waals surface area contributed by atoms with Crippen molar-refractivity contribution in [3.63, 3.8) is 0 Å². The molecule has 3 nitrogen and oxygen atoms in total. The highest BCUT2D eigenvalue weighted by Crippen LogP contribution is 2.27. The molecule has 4 heterocycles. The Balaban J connectivity index is 1.45. The number of fused-ring (bicyclic) bond motifs is 3. The van der Waals surface area contributed by atoms with E-state index in [1.54, 1.807) is 0 Å². The summed E-state index contributed by atoms with van der Waals surface area (Å²) in [4.78, 5) is 5.10. The Morgan fingerprint density at radius 3 is 2.44 bits per heavy atom. The lowest BCUT2D eigenvalue weighted by atomic mass is 9.84. The van der Waals surface area contributed by atoms with Crippen LogP contribution in [0.25, 0.3) is 0 Å². The molecule has 4 fully saturated rings. The summed E-state index contributed by atoms with van der Waals surface area (Å²) >= 11 is 0. The van der Waals surface area contributed by atoms with E-state index in [0.717, 1.165) is 17.9 Å². The van der Waals surface area contributed by atoms with E-state index in [-0.39, 0.29) is 0 Å². The molecule has 0 aromatic rings. The van der Waals surface area contributed by atoms with Crippen molar-refractivity contribution >= 4 is 0 Å². The van der Waals surface area contributed by atoms with Gasteiger partial charge in [0.15, 0.2) is 0 Å². The molecule has 0 spiro atoms. The summed E-state index contributed by atoms with van der Waals surface area (Å²) < 4.78 is 0. The molecule has 0 radical (unpaired) electrons. The maximum absolute atomic E-state index is 3.85. The van der Waals surface area contributed by atoms with Crippen LogP contribution in [0.4, 0.5) is 0 Å². The van der Waals surface area contributed by atoms with Crippen LogP contribution < -0.4 is 5.32 Å². The summed E-state index contributed by atoms with van der Waals surface area (Å²) in [6, 6.07) is 0.799. The number of hydrogen-bond donors (Lipinski definition) is 1. The number of likely N-dealkylation sites (tertiary alicyclic amines) is 1. The van der Waals surface area contributed by atoms with E-state index in [1.807, 2.05) is 0 Å². The van der Waals surface area contributed by atoms with Crippen LogP contribution in [0.2, 0.25) is 0 Å². The van der Waals surface area contributed by atoms with Crippen LogP contribution in [0.5, 0.6) is 0 Å². The van der Waals surface area contributed by atoms with Crippen molar-refractivity contribution in [3.05, 3.63) is 0 Å². The number of piperidine rings is 3. The molecule has 4 rings (SSSR count). The van der Waals surface area contributed by atoms with E-state index >= 15 is 0 Å². The lowest BCUT2D eigenvalue weighted by Gasteiger charge is -2.45. The largest absolute Gasteiger partial charge is 0.312 e. The SMILES string of the molecule is CN1CCC(CNC2CN3CCC2CC3)C1. The summed E-state index contributed by atoms with van der Waals surface area (Å²) in [7, 11) is 2.24. The van der Waals surface area contributed by atoms with Gasteiger partial charge in [-0.3, -0.25) is 0 Å². The molecule has 0 amide bonds. The van der Waals surface area contributed by atoms with Crippen molar-refractivity contribution in [3.8, 4) is 0 Å². The van der Waals surface area contributed by atoms with Crippen molar-refractivity contribution in [2.45, 2.75) is 25.3 Å². The minimum atomic E-state index is 0.799. The van der Waals surface area contributed by atoms with Crippen molar-refractivity contribution in [1.29, 1.82) is 0 Å². The summed E-state index contributed by atoms with van der Waals surface area (Å²) in [6.45, 7) is 7.87. The molecule has 92 valence electrons. The Hall–Kier alpha value is -0.120. The van der Waals surface area contributed by atoms with Crippen LogP contribution in [-0.4, -0.2) is 62.2 Å². The first-order valence-electron chi connectivity index (χ1n) is 6.95. The molecular formula is C13H25N3. The van der Waals surface area contributed by atoms with Crippen molar-refractivity contribution in [1.82, 2.24) is 15.1 Å². The molecule has 4 aliphatic heterocycles. The van der Waals surface area contributed by atoms with Crippen LogP contribution in [0.1, 0.15) is 19.3 Å². The smallest absolute Gasteiger partial charge is 0.0224 e. The molecule has 0 aliphatic carbocycles. The van der Waals surface area contributed by atoms with E-state index in [0.29, 0.717) is 0 Å². The highest BCUT2D eigenvalue weighted by Gasteiger charge is 2.34. The Bertz CT molecular complexity index is 235. The van der Waals surface area contributed by atoms with E-state index in [9.17, 15) is 0 Å². The Kier molecular flexibility index (Phi) is 3.18. The van der Waals surface area contributed by atoms with Gasteiger partial charge in [-0.2, -0.15) is 0 Å². The molecule has 4 saturated heterocycles. The summed E-state index contributed by atoms with van der Waals surface area (Å²) in [6.07, 6.45) is 4.26. The van der Waals surface area contributed by atoms with Gasteiger partial charge in [0, 0.05) is 19.1 Å².